The van der Waals surface area contributed by atoms with Crippen LogP contribution in [0, 0.1) is 18.6 Å². The molecule has 0 spiro atoms. The van der Waals surface area contributed by atoms with Crippen molar-refractivity contribution in [2.24, 2.45) is 0 Å². The summed E-state index contributed by atoms with van der Waals surface area (Å²) in [6.07, 6.45) is 2.24. The maximum Gasteiger partial charge on any atom is 0.213 e. The van der Waals surface area contributed by atoms with Crippen LogP contribution in [0.15, 0.2) is 43.1 Å². The summed E-state index contributed by atoms with van der Waals surface area (Å²) in [4.78, 5) is 4.11. The maximum atomic E-state index is 13.1. The molecule has 0 N–H and O–H groups in total. The Hall–Kier alpha value is -2.23. The van der Waals surface area contributed by atoms with E-state index in [4.69, 9.17) is 4.74 Å². The van der Waals surface area contributed by atoms with Gasteiger partial charge in [0.05, 0.1) is 6.61 Å². The molecule has 2 aromatic rings. The van der Waals surface area contributed by atoms with E-state index >= 15 is 0 Å². The lowest BCUT2D eigenvalue weighted by Gasteiger charge is -2.08. The summed E-state index contributed by atoms with van der Waals surface area (Å²) in [5.41, 5.74) is 2.32. The van der Waals surface area contributed by atoms with Crippen LogP contribution in [-0.2, 0) is 0 Å². The summed E-state index contributed by atoms with van der Waals surface area (Å²) in [6.45, 7) is 6.18. The highest BCUT2D eigenvalue weighted by Crippen LogP contribution is 2.19. The van der Waals surface area contributed by atoms with E-state index in [2.05, 4.69) is 11.6 Å². The van der Waals surface area contributed by atoms with Crippen molar-refractivity contribution in [3.05, 3.63) is 65.9 Å². The van der Waals surface area contributed by atoms with Crippen LogP contribution in [0.4, 0.5) is 8.78 Å². The number of aromatic nitrogens is 1. The van der Waals surface area contributed by atoms with Gasteiger partial charge in [0.15, 0.2) is 11.6 Å². The Morgan fingerprint density at radius 2 is 2.00 bits per heavy atom. The van der Waals surface area contributed by atoms with Crippen molar-refractivity contribution in [2.45, 2.75) is 13.3 Å². The molecule has 20 heavy (non-hydrogen) atoms. The van der Waals surface area contributed by atoms with Gasteiger partial charge in [-0.2, -0.15) is 0 Å². The van der Waals surface area contributed by atoms with Gasteiger partial charge in [-0.05, 0) is 35.8 Å². The van der Waals surface area contributed by atoms with Crippen LogP contribution < -0.4 is 4.74 Å². The fourth-order valence-electron chi connectivity index (χ4n) is 1.68. The van der Waals surface area contributed by atoms with Gasteiger partial charge in [-0.15, -0.1) is 0 Å². The molecule has 0 amide bonds. The Morgan fingerprint density at radius 1 is 1.20 bits per heavy atom. The number of hydrogen-bond acceptors (Lipinski definition) is 2. The molecule has 0 fully saturated rings. The zero-order chi connectivity index (χ0) is 14.5. The highest BCUT2D eigenvalue weighted by molar-refractivity contribution is 5.63. The molecule has 0 saturated heterocycles. The highest BCUT2D eigenvalue weighted by Gasteiger charge is 2.05. The van der Waals surface area contributed by atoms with Gasteiger partial charge in [0.1, 0.15) is 0 Å². The number of aryl methyl sites for hydroxylation is 1. The maximum absolute atomic E-state index is 13.1. The van der Waals surface area contributed by atoms with Gasteiger partial charge >= 0.3 is 0 Å². The van der Waals surface area contributed by atoms with Crippen molar-refractivity contribution in [1.82, 2.24) is 4.98 Å². The fourth-order valence-corrected chi connectivity index (χ4v) is 1.68. The molecule has 1 heterocycles. The SMILES string of the molecule is C=C(CCOc1ccc(C)cn1)c1ccc(F)c(F)c1. The van der Waals surface area contributed by atoms with E-state index in [1.54, 1.807) is 12.3 Å². The molecule has 0 atom stereocenters. The second kappa shape index (κ2) is 6.28. The van der Waals surface area contributed by atoms with E-state index in [0.29, 0.717) is 30.0 Å². The first-order chi connectivity index (χ1) is 9.56. The average molecular weight is 275 g/mol. The summed E-state index contributed by atoms with van der Waals surface area (Å²) >= 11 is 0. The lowest BCUT2D eigenvalue weighted by Crippen LogP contribution is -2.00. The molecule has 1 aromatic carbocycles. The first-order valence-electron chi connectivity index (χ1n) is 6.25. The van der Waals surface area contributed by atoms with Crippen LogP contribution in [-0.4, -0.2) is 11.6 Å². The van der Waals surface area contributed by atoms with Crippen molar-refractivity contribution in [1.29, 1.82) is 0 Å². The average Bonchev–Trinajstić information content (AvgIpc) is 2.44. The monoisotopic (exact) mass is 275 g/mol. The number of nitrogens with zero attached hydrogens (tertiary/aromatic N) is 1. The summed E-state index contributed by atoms with van der Waals surface area (Å²) < 4.78 is 31.4. The molecule has 0 aliphatic rings. The molecule has 2 rings (SSSR count). The lowest BCUT2D eigenvalue weighted by atomic mass is 10.1. The molecule has 0 unspecified atom stereocenters. The minimum absolute atomic E-state index is 0.383. The van der Waals surface area contributed by atoms with Crippen LogP contribution in [0.2, 0.25) is 0 Å². The minimum atomic E-state index is -0.871. The van der Waals surface area contributed by atoms with E-state index in [-0.39, 0.29) is 0 Å². The van der Waals surface area contributed by atoms with Crippen LogP contribution >= 0.6 is 0 Å². The summed E-state index contributed by atoms with van der Waals surface area (Å²) in [5.74, 6) is -1.19. The second-order valence-electron chi connectivity index (χ2n) is 4.50. The van der Waals surface area contributed by atoms with Crippen molar-refractivity contribution in [3.63, 3.8) is 0 Å². The molecule has 2 nitrogen and oxygen atoms in total. The summed E-state index contributed by atoms with van der Waals surface area (Å²) in [5, 5.41) is 0. The predicted octanol–water partition coefficient (Wildman–Crippen LogP) is 4.15. The number of hydrogen-bond donors (Lipinski definition) is 0. The molecule has 0 aliphatic heterocycles. The largest absolute Gasteiger partial charge is 0.477 e. The Kier molecular flexibility index (Phi) is 4.45. The van der Waals surface area contributed by atoms with E-state index in [0.717, 1.165) is 17.7 Å². The molecular weight excluding hydrogens is 260 g/mol. The molecule has 4 heteroatoms. The minimum Gasteiger partial charge on any atom is -0.477 e. The Bertz CT molecular complexity index is 608. The molecular formula is C16H15F2NO. The third-order valence-electron chi connectivity index (χ3n) is 2.87. The number of pyridine rings is 1. The van der Waals surface area contributed by atoms with Gasteiger partial charge in [-0.1, -0.05) is 18.7 Å². The third-order valence-corrected chi connectivity index (χ3v) is 2.87. The van der Waals surface area contributed by atoms with E-state index < -0.39 is 11.6 Å². The molecule has 0 aliphatic carbocycles. The molecule has 0 saturated carbocycles. The molecule has 0 radical (unpaired) electrons. The van der Waals surface area contributed by atoms with Crippen LogP contribution in [0.25, 0.3) is 5.57 Å². The Balaban J connectivity index is 1.88. The second-order valence-corrected chi connectivity index (χ2v) is 4.50. The van der Waals surface area contributed by atoms with E-state index in [9.17, 15) is 8.78 Å². The topological polar surface area (TPSA) is 22.1 Å². The Morgan fingerprint density at radius 3 is 2.65 bits per heavy atom. The quantitative estimate of drug-likeness (QED) is 0.817. The lowest BCUT2D eigenvalue weighted by molar-refractivity contribution is 0.314. The van der Waals surface area contributed by atoms with Gasteiger partial charge in [0, 0.05) is 18.7 Å². The molecule has 104 valence electrons. The third kappa shape index (κ3) is 3.63. The van der Waals surface area contributed by atoms with Crippen LogP contribution in [0.5, 0.6) is 5.88 Å². The van der Waals surface area contributed by atoms with Gasteiger partial charge < -0.3 is 4.74 Å². The predicted molar refractivity (Wildman–Crippen MR) is 74.5 cm³/mol. The highest BCUT2D eigenvalue weighted by atomic mass is 19.2. The van der Waals surface area contributed by atoms with Crippen molar-refractivity contribution >= 4 is 5.57 Å². The van der Waals surface area contributed by atoms with Gasteiger partial charge in [0.2, 0.25) is 5.88 Å². The van der Waals surface area contributed by atoms with Crippen molar-refractivity contribution in [3.8, 4) is 5.88 Å². The smallest absolute Gasteiger partial charge is 0.213 e. The van der Waals surface area contributed by atoms with Crippen LogP contribution in [0.1, 0.15) is 17.5 Å². The summed E-state index contributed by atoms with van der Waals surface area (Å²) in [6, 6.07) is 7.44. The summed E-state index contributed by atoms with van der Waals surface area (Å²) in [7, 11) is 0. The number of halogens is 2. The fraction of sp³-hybridized carbons (Fsp3) is 0.188. The van der Waals surface area contributed by atoms with Gasteiger partial charge in [-0.3, -0.25) is 0 Å². The zero-order valence-corrected chi connectivity index (χ0v) is 11.2. The number of benzene rings is 1. The first-order valence-corrected chi connectivity index (χ1v) is 6.25. The zero-order valence-electron chi connectivity index (χ0n) is 11.2. The number of rotatable bonds is 5. The normalized spacial score (nSPS) is 10.3. The van der Waals surface area contributed by atoms with Crippen LogP contribution in [0.3, 0.4) is 0 Å². The standard InChI is InChI=1S/C16H15F2NO/c1-11-3-6-16(19-10-11)20-8-7-12(2)13-4-5-14(17)15(18)9-13/h3-6,9-10H,2,7-8H2,1H3. The first kappa shape index (κ1) is 14.2. The molecule has 1 aromatic heterocycles. The van der Waals surface area contributed by atoms with Gasteiger partial charge in [-0.25, -0.2) is 13.8 Å². The van der Waals surface area contributed by atoms with Crippen molar-refractivity contribution in [2.75, 3.05) is 6.61 Å². The molecule has 0 bridgehead atoms. The van der Waals surface area contributed by atoms with E-state index in [1.165, 1.54) is 6.07 Å². The van der Waals surface area contributed by atoms with E-state index in [1.807, 2.05) is 13.0 Å². The Labute approximate surface area is 116 Å². The van der Waals surface area contributed by atoms with Crippen molar-refractivity contribution < 1.29 is 13.5 Å². The van der Waals surface area contributed by atoms with Gasteiger partial charge in [0.25, 0.3) is 0 Å². The number of ether oxygens (including phenoxy) is 1.